The van der Waals surface area contributed by atoms with Crippen LogP contribution in [0.25, 0.3) is 0 Å². The summed E-state index contributed by atoms with van der Waals surface area (Å²) < 4.78 is 5.57. The molecule has 4 nitrogen and oxygen atoms in total. The van der Waals surface area contributed by atoms with E-state index in [9.17, 15) is 0 Å². The summed E-state index contributed by atoms with van der Waals surface area (Å²) in [5, 5.41) is 0. The molecule has 0 aromatic carbocycles. The normalized spacial score (nSPS) is 31.8. The largest absolute Gasteiger partial charge is 0.376 e. The Kier molecular flexibility index (Phi) is 4.26. The van der Waals surface area contributed by atoms with Crippen LogP contribution >= 0.6 is 0 Å². The Morgan fingerprint density at radius 1 is 1.24 bits per heavy atom. The van der Waals surface area contributed by atoms with Crippen molar-refractivity contribution >= 4 is 5.96 Å². The van der Waals surface area contributed by atoms with E-state index in [2.05, 4.69) is 16.8 Å². The topological polar surface area (TPSA) is 50.9 Å². The summed E-state index contributed by atoms with van der Waals surface area (Å²) in [4.78, 5) is 6.78. The van der Waals surface area contributed by atoms with E-state index in [1.54, 1.807) is 0 Å². The fourth-order valence-corrected chi connectivity index (χ4v) is 2.89. The number of hydrogen-bond acceptors (Lipinski definition) is 2. The van der Waals surface area contributed by atoms with Gasteiger partial charge in [-0.25, -0.2) is 4.99 Å². The van der Waals surface area contributed by atoms with Crippen molar-refractivity contribution < 1.29 is 4.74 Å². The van der Waals surface area contributed by atoms with Crippen LogP contribution in [-0.4, -0.2) is 42.7 Å². The second-order valence-electron chi connectivity index (χ2n) is 5.32. The molecule has 1 aliphatic heterocycles. The van der Waals surface area contributed by atoms with Gasteiger partial charge in [-0.1, -0.05) is 19.3 Å². The Morgan fingerprint density at radius 2 is 1.94 bits per heavy atom. The van der Waals surface area contributed by atoms with Crippen molar-refractivity contribution in [1.29, 1.82) is 0 Å². The Balaban J connectivity index is 1.92. The third-order valence-electron chi connectivity index (χ3n) is 4.08. The van der Waals surface area contributed by atoms with E-state index in [0.29, 0.717) is 18.0 Å². The van der Waals surface area contributed by atoms with Crippen LogP contribution in [0.4, 0.5) is 0 Å². The lowest BCUT2D eigenvalue weighted by molar-refractivity contribution is 0.0995. The van der Waals surface area contributed by atoms with Gasteiger partial charge in [0.25, 0.3) is 0 Å². The zero-order valence-corrected chi connectivity index (χ0v) is 11.1. The predicted octanol–water partition coefficient (Wildman–Crippen LogP) is 1.74. The van der Waals surface area contributed by atoms with E-state index in [4.69, 9.17) is 10.5 Å². The molecule has 0 aromatic rings. The van der Waals surface area contributed by atoms with Gasteiger partial charge in [0.2, 0.25) is 0 Å². The lowest BCUT2D eigenvalue weighted by atomic mass is 9.96. The van der Waals surface area contributed by atoms with Gasteiger partial charge in [0.15, 0.2) is 5.96 Å². The summed E-state index contributed by atoms with van der Waals surface area (Å²) in [6, 6.07) is 0.839. The zero-order chi connectivity index (χ0) is 12.3. The summed E-state index contributed by atoms with van der Waals surface area (Å²) in [6.07, 6.45) is 7.67. The molecule has 0 spiro atoms. The van der Waals surface area contributed by atoms with Crippen LogP contribution in [0, 0.1) is 0 Å². The number of ether oxygens (including phenoxy) is 1. The fourth-order valence-electron chi connectivity index (χ4n) is 2.89. The summed E-state index contributed by atoms with van der Waals surface area (Å²) >= 11 is 0. The van der Waals surface area contributed by atoms with Gasteiger partial charge in [0.1, 0.15) is 0 Å². The van der Waals surface area contributed by atoms with Gasteiger partial charge < -0.3 is 15.4 Å². The lowest BCUT2D eigenvalue weighted by Crippen LogP contribution is -2.45. The molecule has 2 atom stereocenters. The van der Waals surface area contributed by atoms with Crippen LogP contribution in [0.2, 0.25) is 0 Å². The molecule has 17 heavy (non-hydrogen) atoms. The molecule has 2 rings (SSSR count). The van der Waals surface area contributed by atoms with Gasteiger partial charge in [0.05, 0.1) is 18.2 Å². The maximum Gasteiger partial charge on any atom is 0.191 e. The lowest BCUT2D eigenvalue weighted by Gasteiger charge is -2.29. The number of guanidine groups is 1. The SMILES string of the molecule is CC1OCCC1N(C)C(N)=NC1CCCCC1. The fraction of sp³-hybridized carbons (Fsp3) is 0.923. The van der Waals surface area contributed by atoms with Crippen LogP contribution in [0.15, 0.2) is 4.99 Å². The molecule has 0 aromatic heterocycles. The standard InChI is InChI=1S/C13H25N3O/c1-10-12(8-9-17-10)16(2)13(14)15-11-6-4-3-5-7-11/h10-12H,3-9H2,1-2H3,(H2,14,15). The minimum Gasteiger partial charge on any atom is -0.376 e. The molecular weight excluding hydrogens is 214 g/mol. The monoisotopic (exact) mass is 239 g/mol. The van der Waals surface area contributed by atoms with E-state index < -0.39 is 0 Å². The minimum absolute atomic E-state index is 0.264. The van der Waals surface area contributed by atoms with Crippen LogP contribution in [0.5, 0.6) is 0 Å². The Labute approximate surface area is 104 Å². The highest BCUT2D eigenvalue weighted by molar-refractivity contribution is 5.78. The number of likely N-dealkylation sites (N-methyl/N-ethyl adjacent to an activating group) is 1. The van der Waals surface area contributed by atoms with Crippen molar-refractivity contribution in [2.45, 2.75) is 63.6 Å². The molecule has 1 saturated heterocycles. The summed E-state index contributed by atoms with van der Waals surface area (Å²) in [5.74, 6) is 0.694. The average Bonchev–Trinajstić information content (AvgIpc) is 2.76. The highest BCUT2D eigenvalue weighted by Gasteiger charge is 2.29. The first kappa shape index (κ1) is 12.7. The molecule has 0 radical (unpaired) electrons. The van der Waals surface area contributed by atoms with Gasteiger partial charge in [0, 0.05) is 13.7 Å². The van der Waals surface area contributed by atoms with Crippen LogP contribution in [0.1, 0.15) is 45.4 Å². The Morgan fingerprint density at radius 3 is 2.53 bits per heavy atom. The van der Waals surface area contributed by atoms with Crippen LogP contribution in [-0.2, 0) is 4.74 Å². The van der Waals surface area contributed by atoms with Gasteiger partial charge in [-0.2, -0.15) is 0 Å². The first-order chi connectivity index (χ1) is 8.18. The molecule has 4 heteroatoms. The van der Waals surface area contributed by atoms with E-state index >= 15 is 0 Å². The van der Waals surface area contributed by atoms with E-state index in [1.807, 2.05) is 7.05 Å². The number of aliphatic imine (C=N–C) groups is 1. The minimum atomic E-state index is 0.264. The first-order valence-electron chi connectivity index (χ1n) is 6.86. The van der Waals surface area contributed by atoms with Gasteiger partial charge in [-0.3, -0.25) is 0 Å². The maximum atomic E-state index is 6.11. The first-order valence-corrected chi connectivity index (χ1v) is 6.86. The second kappa shape index (κ2) is 5.71. The summed E-state index contributed by atoms with van der Waals surface area (Å²) in [5.41, 5.74) is 6.11. The molecule has 2 N–H and O–H groups in total. The highest BCUT2D eigenvalue weighted by Crippen LogP contribution is 2.22. The molecular formula is C13H25N3O. The number of nitrogens with zero attached hydrogens (tertiary/aromatic N) is 2. The molecule has 0 bridgehead atoms. The van der Waals surface area contributed by atoms with Crippen molar-refractivity contribution in [3.63, 3.8) is 0 Å². The number of hydrogen-bond donors (Lipinski definition) is 1. The smallest absolute Gasteiger partial charge is 0.191 e. The van der Waals surface area contributed by atoms with Crippen LogP contribution in [0.3, 0.4) is 0 Å². The Hall–Kier alpha value is -0.770. The van der Waals surface area contributed by atoms with E-state index in [0.717, 1.165) is 13.0 Å². The van der Waals surface area contributed by atoms with Crippen LogP contribution < -0.4 is 5.73 Å². The summed E-state index contributed by atoms with van der Waals surface area (Å²) in [7, 11) is 2.04. The summed E-state index contributed by atoms with van der Waals surface area (Å²) in [6.45, 7) is 2.95. The maximum absolute atomic E-state index is 6.11. The molecule has 2 fully saturated rings. The van der Waals surface area contributed by atoms with Crippen molar-refractivity contribution in [2.24, 2.45) is 10.7 Å². The van der Waals surface area contributed by atoms with E-state index in [-0.39, 0.29) is 6.10 Å². The van der Waals surface area contributed by atoms with Crippen molar-refractivity contribution in [1.82, 2.24) is 4.90 Å². The van der Waals surface area contributed by atoms with Crippen molar-refractivity contribution in [3.8, 4) is 0 Å². The predicted molar refractivity (Wildman–Crippen MR) is 70.1 cm³/mol. The van der Waals surface area contributed by atoms with Gasteiger partial charge in [-0.05, 0) is 26.2 Å². The molecule has 98 valence electrons. The molecule has 1 saturated carbocycles. The zero-order valence-electron chi connectivity index (χ0n) is 11.1. The molecule has 1 aliphatic carbocycles. The number of nitrogens with two attached hydrogens (primary N) is 1. The third kappa shape index (κ3) is 3.12. The molecule has 2 aliphatic rings. The van der Waals surface area contributed by atoms with Crippen molar-refractivity contribution in [2.75, 3.05) is 13.7 Å². The quantitative estimate of drug-likeness (QED) is 0.590. The number of rotatable bonds is 2. The molecule has 1 heterocycles. The van der Waals surface area contributed by atoms with Gasteiger partial charge >= 0.3 is 0 Å². The molecule has 0 amide bonds. The Bertz CT molecular complexity index is 274. The van der Waals surface area contributed by atoms with E-state index in [1.165, 1.54) is 32.1 Å². The van der Waals surface area contributed by atoms with Crippen molar-refractivity contribution in [3.05, 3.63) is 0 Å². The third-order valence-corrected chi connectivity index (χ3v) is 4.08. The highest BCUT2D eigenvalue weighted by atomic mass is 16.5. The molecule has 2 unspecified atom stereocenters. The van der Waals surface area contributed by atoms with Gasteiger partial charge in [-0.15, -0.1) is 0 Å². The second-order valence-corrected chi connectivity index (χ2v) is 5.32. The average molecular weight is 239 g/mol.